The van der Waals surface area contributed by atoms with Crippen LogP contribution in [0, 0.1) is 0 Å². The molecule has 8 heteroatoms. The fraction of sp³-hybridized carbons (Fsp3) is 0.111. The van der Waals surface area contributed by atoms with E-state index in [1.54, 1.807) is 18.2 Å². The topological polar surface area (TPSA) is 64.6 Å². The number of ether oxygens (including phenoxy) is 2. The molecule has 0 radical (unpaired) electrons. The Morgan fingerprint density at radius 3 is 2.65 bits per heavy atom. The lowest BCUT2D eigenvalue weighted by Crippen LogP contribution is -2.21. The molecule has 3 rings (SSSR count). The number of fused-ring (bicyclic) bond motifs is 1. The highest BCUT2D eigenvalue weighted by atomic mass is 35.5. The molecule has 1 heterocycles. The zero-order valence-corrected chi connectivity index (χ0v) is 15.9. The van der Waals surface area contributed by atoms with Gasteiger partial charge in [-0.25, -0.2) is 4.79 Å². The number of esters is 1. The molecule has 0 bridgehead atoms. The Labute approximate surface area is 163 Å². The fourth-order valence-electron chi connectivity index (χ4n) is 2.34. The number of hydrogen-bond acceptors (Lipinski definition) is 5. The largest absolute Gasteiger partial charge is 0.482 e. The zero-order chi connectivity index (χ0) is 18.7. The highest BCUT2D eigenvalue weighted by molar-refractivity contribution is 7.23. The number of rotatable bonds is 5. The molecule has 1 N–H and O–H groups in total. The van der Waals surface area contributed by atoms with Crippen molar-refractivity contribution in [2.45, 2.75) is 0 Å². The summed E-state index contributed by atoms with van der Waals surface area (Å²) in [6.07, 6.45) is 0. The number of carbonyl (C=O) groups is 2. The lowest BCUT2D eigenvalue weighted by Gasteiger charge is -2.09. The van der Waals surface area contributed by atoms with Crippen molar-refractivity contribution in [3.05, 3.63) is 58.1 Å². The van der Waals surface area contributed by atoms with Crippen LogP contribution in [0.3, 0.4) is 0 Å². The van der Waals surface area contributed by atoms with Crippen LogP contribution in [0.1, 0.15) is 10.4 Å². The summed E-state index contributed by atoms with van der Waals surface area (Å²) in [5, 5.41) is 4.62. The van der Waals surface area contributed by atoms with E-state index in [1.165, 1.54) is 24.5 Å². The maximum Gasteiger partial charge on any atom is 0.341 e. The van der Waals surface area contributed by atoms with Crippen molar-refractivity contribution >= 4 is 61.5 Å². The molecular weight excluding hydrogens is 397 g/mol. The average Bonchev–Trinajstić information content (AvgIpc) is 2.98. The maximum atomic E-state index is 12.3. The summed E-state index contributed by atoms with van der Waals surface area (Å²) < 4.78 is 11.1. The Kier molecular flexibility index (Phi) is 5.66. The van der Waals surface area contributed by atoms with E-state index in [4.69, 9.17) is 32.7 Å². The Morgan fingerprint density at radius 1 is 1.15 bits per heavy atom. The third kappa shape index (κ3) is 3.93. The summed E-state index contributed by atoms with van der Waals surface area (Å²) in [6, 6.07) is 12.1. The van der Waals surface area contributed by atoms with E-state index in [1.807, 2.05) is 18.2 Å². The summed E-state index contributed by atoms with van der Waals surface area (Å²) in [6.45, 7) is -0.268. The quantitative estimate of drug-likeness (QED) is 0.601. The van der Waals surface area contributed by atoms with Gasteiger partial charge in [-0.3, -0.25) is 4.79 Å². The van der Waals surface area contributed by atoms with Gasteiger partial charge in [-0.05, 0) is 24.3 Å². The lowest BCUT2D eigenvalue weighted by molar-refractivity contribution is -0.118. The summed E-state index contributed by atoms with van der Waals surface area (Å²) in [4.78, 5) is 24.4. The summed E-state index contributed by atoms with van der Waals surface area (Å²) in [7, 11) is 1.30. The average molecular weight is 410 g/mol. The predicted molar refractivity (Wildman–Crippen MR) is 104 cm³/mol. The number of halogens is 2. The van der Waals surface area contributed by atoms with Gasteiger partial charge < -0.3 is 14.8 Å². The van der Waals surface area contributed by atoms with Gasteiger partial charge >= 0.3 is 5.97 Å². The second-order valence-corrected chi connectivity index (χ2v) is 7.10. The van der Waals surface area contributed by atoms with Crippen LogP contribution in [-0.4, -0.2) is 25.6 Å². The number of benzene rings is 2. The number of methoxy groups -OCH3 is 1. The Bertz CT molecular complexity index is 986. The number of hydrogen-bond donors (Lipinski definition) is 1. The first-order valence-corrected chi connectivity index (χ1v) is 9.04. The van der Waals surface area contributed by atoms with Crippen LogP contribution in [-0.2, 0) is 9.53 Å². The van der Waals surface area contributed by atoms with E-state index < -0.39 is 11.9 Å². The molecule has 0 spiro atoms. The van der Waals surface area contributed by atoms with Crippen LogP contribution >= 0.6 is 34.5 Å². The molecule has 26 heavy (non-hydrogen) atoms. The predicted octanol–water partition coefficient (Wildman–Crippen LogP) is 5.01. The monoisotopic (exact) mass is 409 g/mol. The molecule has 5 nitrogen and oxygen atoms in total. The van der Waals surface area contributed by atoms with E-state index in [2.05, 4.69) is 5.32 Å². The van der Waals surface area contributed by atoms with Crippen molar-refractivity contribution in [3.63, 3.8) is 0 Å². The van der Waals surface area contributed by atoms with E-state index in [0.29, 0.717) is 26.4 Å². The minimum absolute atomic E-state index is 0.268. The second-order valence-electron chi connectivity index (χ2n) is 5.21. The van der Waals surface area contributed by atoms with Crippen molar-refractivity contribution in [3.8, 4) is 5.75 Å². The molecule has 2 aromatic carbocycles. The van der Waals surface area contributed by atoms with Crippen LogP contribution < -0.4 is 10.1 Å². The molecule has 1 amide bonds. The molecule has 0 aliphatic heterocycles. The van der Waals surface area contributed by atoms with Gasteiger partial charge in [0, 0.05) is 15.1 Å². The van der Waals surface area contributed by atoms with Gasteiger partial charge in [-0.2, -0.15) is 0 Å². The van der Waals surface area contributed by atoms with Crippen molar-refractivity contribution in [1.82, 2.24) is 0 Å². The van der Waals surface area contributed by atoms with Gasteiger partial charge in [0.15, 0.2) is 6.61 Å². The molecular formula is C18H13Cl2NO4S. The van der Waals surface area contributed by atoms with E-state index in [9.17, 15) is 9.59 Å². The molecule has 3 aromatic rings. The van der Waals surface area contributed by atoms with Gasteiger partial charge in [0.1, 0.15) is 16.3 Å². The minimum Gasteiger partial charge on any atom is -0.482 e. The Morgan fingerprint density at radius 2 is 1.92 bits per heavy atom. The van der Waals surface area contributed by atoms with Crippen molar-refractivity contribution in [2.75, 3.05) is 19.0 Å². The maximum absolute atomic E-state index is 12.3. The fourth-order valence-corrected chi connectivity index (χ4v) is 3.91. The standard InChI is InChI=1S/C18H13Cl2NO4S/c1-24-18(23)16-11-4-2-3-5-14(11)26-17(16)21-15(22)9-25-13-7-6-10(19)8-12(13)20/h2-8H,9H2,1H3,(H,21,22). The molecule has 0 aliphatic rings. The van der Waals surface area contributed by atoms with E-state index in [0.717, 1.165) is 10.1 Å². The molecule has 0 fully saturated rings. The van der Waals surface area contributed by atoms with Crippen molar-refractivity contribution < 1.29 is 19.1 Å². The van der Waals surface area contributed by atoms with Crippen LogP contribution in [0.4, 0.5) is 5.00 Å². The van der Waals surface area contributed by atoms with Gasteiger partial charge in [-0.1, -0.05) is 41.4 Å². The molecule has 1 aromatic heterocycles. The molecule has 0 aliphatic carbocycles. The van der Waals surface area contributed by atoms with Gasteiger partial charge in [0.2, 0.25) is 0 Å². The van der Waals surface area contributed by atoms with Crippen LogP contribution in [0.15, 0.2) is 42.5 Å². The number of amides is 1. The number of anilines is 1. The summed E-state index contributed by atoms with van der Waals surface area (Å²) in [5.41, 5.74) is 0.325. The number of thiophene rings is 1. The van der Waals surface area contributed by atoms with Crippen LogP contribution in [0.5, 0.6) is 5.75 Å². The smallest absolute Gasteiger partial charge is 0.341 e. The molecule has 0 unspecified atom stereocenters. The highest BCUT2D eigenvalue weighted by Crippen LogP contribution is 2.36. The zero-order valence-electron chi connectivity index (χ0n) is 13.5. The van der Waals surface area contributed by atoms with Crippen LogP contribution in [0.2, 0.25) is 10.0 Å². The van der Waals surface area contributed by atoms with E-state index in [-0.39, 0.29) is 6.61 Å². The summed E-state index contributed by atoms with van der Waals surface area (Å²) in [5.74, 6) is -0.595. The third-order valence-electron chi connectivity index (χ3n) is 3.49. The first kappa shape index (κ1) is 18.5. The Balaban J connectivity index is 1.77. The second kappa shape index (κ2) is 7.95. The lowest BCUT2D eigenvalue weighted by atomic mass is 10.1. The third-order valence-corrected chi connectivity index (χ3v) is 5.11. The minimum atomic E-state index is -0.514. The van der Waals surface area contributed by atoms with Gasteiger partial charge in [0.05, 0.1) is 12.1 Å². The normalized spacial score (nSPS) is 10.6. The van der Waals surface area contributed by atoms with Crippen LogP contribution in [0.25, 0.3) is 10.1 Å². The number of nitrogens with one attached hydrogen (secondary N) is 1. The number of carbonyl (C=O) groups excluding carboxylic acids is 2. The Hall–Kier alpha value is -2.28. The molecule has 0 saturated heterocycles. The van der Waals surface area contributed by atoms with E-state index >= 15 is 0 Å². The SMILES string of the molecule is COC(=O)c1c(NC(=O)COc2ccc(Cl)cc2Cl)sc2ccccc12. The van der Waals surface area contributed by atoms with Gasteiger partial charge in [-0.15, -0.1) is 11.3 Å². The molecule has 134 valence electrons. The first-order valence-electron chi connectivity index (χ1n) is 7.47. The highest BCUT2D eigenvalue weighted by Gasteiger charge is 2.21. The van der Waals surface area contributed by atoms with Crippen molar-refractivity contribution in [2.24, 2.45) is 0 Å². The summed E-state index contributed by atoms with van der Waals surface area (Å²) >= 11 is 13.1. The first-order chi connectivity index (χ1) is 12.5. The van der Waals surface area contributed by atoms with Crippen molar-refractivity contribution in [1.29, 1.82) is 0 Å². The molecule has 0 saturated carbocycles. The van der Waals surface area contributed by atoms with Gasteiger partial charge in [0.25, 0.3) is 5.91 Å². The molecule has 0 atom stereocenters.